The molecule has 8 nitrogen and oxygen atoms in total. The fraction of sp³-hybridized carbons (Fsp3) is 0.667. The van der Waals surface area contributed by atoms with Gasteiger partial charge in [-0.25, -0.2) is 4.79 Å². The molecule has 0 saturated carbocycles. The van der Waals surface area contributed by atoms with Crippen molar-refractivity contribution in [3.05, 3.63) is 23.8 Å². The van der Waals surface area contributed by atoms with Gasteiger partial charge in [-0.3, -0.25) is 9.80 Å². The number of amides is 1. The Morgan fingerprint density at radius 2 is 1.76 bits per heavy atom. The lowest BCUT2D eigenvalue weighted by Gasteiger charge is -2.34. The smallest absolute Gasteiger partial charge is 0.409 e. The second-order valence-corrected chi connectivity index (χ2v) is 7.69. The van der Waals surface area contributed by atoms with Crippen LogP contribution >= 0.6 is 0 Å². The number of piperazine rings is 1. The quantitative estimate of drug-likeness (QED) is 0.698. The number of β-amino-alcohol motifs (C(OH)–C–C–N with tert-alkyl or cyclic N) is 1. The Morgan fingerprint density at radius 1 is 1.03 bits per heavy atom. The first-order valence-corrected chi connectivity index (χ1v) is 10.3. The second-order valence-electron chi connectivity index (χ2n) is 7.69. The number of hydrogen-bond donors (Lipinski definition) is 1. The molecule has 162 valence electrons. The van der Waals surface area contributed by atoms with Crippen molar-refractivity contribution >= 4 is 6.09 Å². The lowest BCUT2D eigenvalue weighted by Crippen LogP contribution is -2.50. The molecular formula is C21H33N3O5. The summed E-state index contributed by atoms with van der Waals surface area (Å²) in [6.07, 6.45) is 1.61. The number of ether oxygens (including phenoxy) is 3. The van der Waals surface area contributed by atoms with Crippen LogP contribution in [-0.2, 0) is 11.3 Å². The molecule has 2 heterocycles. The van der Waals surface area contributed by atoms with E-state index in [0.29, 0.717) is 44.2 Å². The van der Waals surface area contributed by atoms with Crippen molar-refractivity contribution in [1.82, 2.24) is 14.7 Å². The van der Waals surface area contributed by atoms with Crippen LogP contribution in [0.4, 0.5) is 4.79 Å². The number of rotatable bonds is 8. The molecule has 0 spiro atoms. The van der Waals surface area contributed by atoms with Crippen molar-refractivity contribution in [2.24, 2.45) is 0 Å². The van der Waals surface area contributed by atoms with Gasteiger partial charge in [0.25, 0.3) is 0 Å². The van der Waals surface area contributed by atoms with E-state index in [-0.39, 0.29) is 12.7 Å². The number of carbonyl (C=O) groups is 1. The summed E-state index contributed by atoms with van der Waals surface area (Å²) in [7, 11) is 3.02. The van der Waals surface area contributed by atoms with Gasteiger partial charge in [-0.1, -0.05) is 6.07 Å². The van der Waals surface area contributed by atoms with E-state index < -0.39 is 6.10 Å². The minimum Gasteiger partial charge on any atom is -0.493 e. The number of aliphatic hydroxyl groups is 1. The van der Waals surface area contributed by atoms with E-state index in [0.717, 1.165) is 19.6 Å². The van der Waals surface area contributed by atoms with Gasteiger partial charge in [-0.2, -0.15) is 0 Å². The van der Waals surface area contributed by atoms with E-state index in [1.165, 1.54) is 25.5 Å². The van der Waals surface area contributed by atoms with Crippen LogP contribution in [0.2, 0.25) is 0 Å². The molecule has 3 rings (SSSR count). The Balaban J connectivity index is 1.47. The summed E-state index contributed by atoms with van der Waals surface area (Å²) < 4.78 is 16.1. The van der Waals surface area contributed by atoms with Crippen molar-refractivity contribution in [3.8, 4) is 11.5 Å². The zero-order chi connectivity index (χ0) is 20.6. The van der Waals surface area contributed by atoms with Gasteiger partial charge in [0.05, 0.1) is 14.2 Å². The number of nitrogens with zero attached hydrogens (tertiary/aromatic N) is 3. The molecule has 2 aliphatic heterocycles. The monoisotopic (exact) mass is 407 g/mol. The molecule has 2 aliphatic rings. The van der Waals surface area contributed by atoms with E-state index in [1.54, 1.807) is 12.0 Å². The summed E-state index contributed by atoms with van der Waals surface area (Å²) >= 11 is 0. The maximum Gasteiger partial charge on any atom is 0.409 e. The zero-order valence-electron chi connectivity index (χ0n) is 17.5. The van der Waals surface area contributed by atoms with Crippen molar-refractivity contribution in [3.63, 3.8) is 0 Å². The minimum atomic E-state index is -0.619. The maximum absolute atomic E-state index is 11.6. The molecule has 0 aliphatic carbocycles. The van der Waals surface area contributed by atoms with Crippen molar-refractivity contribution < 1.29 is 24.1 Å². The highest BCUT2D eigenvalue weighted by atomic mass is 16.5. The third kappa shape index (κ3) is 6.22. The molecule has 1 aromatic rings. The Hall–Kier alpha value is -2.03. The van der Waals surface area contributed by atoms with E-state index in [9.17, 15) is 9.90 Å². The molecule has 1 unspecified atom stereocenters. The lowest BCUT2D eigenvalue weighted by molar-refractivity contribution is 0.0430. The predicted molar refractivity (Wildman–Crippen MR) is 109 cm³/mol. The number of hydrogen-bond acceptors (Lipinski definition) is 7. The van der Waals surface area contributed by atoms with Crippen LogP contribution in [0.15, 0.2) is 18.2 Å². The van der Waals surface area contributed by atoms with Gasteiger partial charge in [-0.15, -0.1) is 0 Å². The maximum atomic E-state index is 11.6. The Kier molecular flexibility index (Phi) is 7.97. The van der Waals surface area contributed by atoms with Crippen molar-refractivity contribution in [1.29, 1.82) is 0 Å². The Labute approximate surface area is 172 Å². The molecule has 0 bridgehead atoms. The normalized spacial score (nSPS) is 19.2. The number of methoxy groups -OCH3 is 2. The van der Waals surface area contributed by atoms with Crippen LogP contribution in [-0.4, -0.2) is 98.6 Å². The molecule has 29 heavy (non-hydrogen) atoms. The van der Waals surface area contributed by atoms with Gasteiger partial charge in [0.15, 0.2) is 11.5 Å². The number of carbonyl (C=O) groups excluding carboxylic acids is 1. The number of aliphatic hydroxyl groups excluding tert-OH is 1. The highest BCUT2D eigenvalue weighted by Gasteiger charge is 2.23. The minimum absolute atomic E-state index is 0.195. The van der Waals surface area contributed by atoms with Crippen molar-refractivity contribution in [2.45, 2.75) is 25.5 Å². The summed E-state index contributed by atoms with van der Waals surface area (Å²) in [4.78, 5) is 17.8. The summed E-state index contributed by atoms with van der Waals surface area (Å²) in [5.74, 6) is 1.34. The highest BCUT2D eigenvalue weighted by Crippen LogP contribution is 2.29. The molecule has 1 amide bonds. The van der Waals surface area contributed by atoms with E-state index in [2.05, 4.69) is 15.9 Å². The van der Waals surface area contributed by atoms with E-state index in [4.69, 9.17) is 14.2 Å². The average Bonchev–Trinajstić information content (AvgIpc) is 3.25. The third-order valence-corrected chi connectivity index (χ3v) is 5.54. The van der Waals surface area contributed by atoms with E-state index in [1.807, 2.05) is 12.1 Å². The molecule has 1 aromatic carbocycles. The van der Waals surface area contributed by atoms with Gasteiger partial charge >= 0.3 is 6.09 Å². The van der Waals surface area contributed by atoms with E-state index >= 15 is 0 Å². The number of likely N-dealkylation sites (tertiary alicyclic amines) is 1. The summed E-state index contributed by atoms with van der Waals surface area (Å²) in [6, 6.07) is 6.01. The SMILES string of the molecule is COC(=O)N1CCN(CC(O)COc2cc(CN3CCCC3)ccc2OC)CC1. The van der Waals surface area contributed by atoms with Crippen LogP contribution in [0, 0.1) is 0 Å². The zero-order valence-corrected chi connectivity index (χ0v) is 17.5. The molecule has 1 atom stereocenters. The van der Waals surface area contributed by atoms with Crippen LogP contribution in [0.3, 0.4) is 0 Å². The van der Waals surface area contributed by atoms with Gasteiger partial charge in [0.2, 0.25) is 0 Å². The topological polar surface area (TPSA) is 74.7 Å². The molecular weight excluding hydrogens is 374 g/mol. The van der Waals surface area contributed by atoms with Gasteiger partial charge in [0.1, 0.15) is 12.7 Å². The molecule has 8 heteroatoms. The Morgan fingerprint density at radius 3 is 2.41 bits per heavy atom. The average molecular weight is 408 g/mol. The van der Waals surface area contributed by atoms with Crippen LogP contribution in [0.5, 0.6) is 11.5 Å². The number of benzene rings is 1. The Bertz CT molecular complexity index is 658. The highest BCUT2D eigenvalue weighted by molar-refractivity contribution is 5.67. The predicted octanol–water partition coefficient (Wildman–Crippen LogP) is 1.41. The first-order valence-electron chi connectivity index (χ1n) is 10.3. The van der Waals surface area contributed by atoms with Crippen LogP contribution < -0.4 is 9.47 Å². The van der Waals surface area contributed by atoms with Crippen LogP contribution in [0.25, 0.3) is 0 Å². The summed E-state index contributed by atoms with van der Waals surface area (Å²) in [5, 5.41) is 10.4. The second kappa shape index (κ2) is 10.7. The largest absolute Gasteiger partial charge is 0.493 e. The molecule has 2 fully saturated rings. The first kappa shape index (κ1) is 21.7. The molecule has 1 N–H and O–H groups in total. The standard InChI is InChI=1S/C21H33N3O5/c1-27-19-6-5-17(14-22-7-3-4-8-22)13-20(19)29-16-18(25)15-23-9-11-24(12-10-23)21(26)28-2/h5-6,13,18,25H,3-4,7-12,14-16H2,1-2H3. The van der Waals surface area contributed by atoms with Crippen LogP contribution in [0.1, 0.15) is 18.4 Å². The lowest BCUT2D eigenvalue weighted by atomic mass is 10.2. The fourth-order valence-electron chi connectivity index (χ4n) is 3.91. The third-order valence-electron chi connectivity index (χ3n) is 5.54. The van der Waals surface area contributed by atoms with Gasteiger partial charge < -0.3 is 24.2 Å². The van der Waals surface area contributed by atoms with Crippen molar-refractivity contribution in [2.75, 3.05) is 66.6 Å². The molecule has 0 radical (unpaired) electrons. The fourth-order valence-corrected chi connectivity index (χ4v) is 3.91. The first-order chi connectivity index (χ1) is 14.1. The van der Waals surface area contributed by atoms with Gasteiger partial charge in [0, 0.05) is 39.3 Å². The molecule has 0 aromatic heterocycles. The summed E-state index contributed by atoms with van der Waals surface area (Å²) in [5.41, 5.74) is 1.19. The van der Waals surface area contributed by atoms with Gasteiger partial charge in [-0.05, 0) is 43.6 Å². The summed E-state index contributed by atoms with van der Waals surface area (Å²) in [6.45, 7) is 6.52. The molecule has 2 saturated heterocycles.